The number of carbonyl (C=O) groups excluding carboxylic acids is 1. The Balaban J connectivity index is 1.80. The van der Waals surface area contributed by atoms with Gasteiger partial charge in [0.05, 0.1) is 11.7 Å². The highest BCUT2D eigenvalue weighted by Gasteiger charge is 2.27. The van der Waals surface area contributed by atoms with Crippen molar-refractivity contribution in [2.45, 2.75) is 39.2 Å². The summed E-state index contributed by atoms with van der Waals surface area (Å²) in [6, 6.07) is 9.88. The minimum atomic E-state index is -0.395. The second-order valence-electron chi connectivity index (χ2n) is 7.32. The van der Waals surface area contributed by atoms with E-state index in [9.17, 15) is 4.79 Å². The number of amides is 1. The van der Waals surface area contributed by atoms with Crippen LogP contribution in [-0.2, 0) is 24.7 Å². The van der Waals surface area contributed by atoms with Gasteiger partial charge in [-0.05, 0) is 18.8 Å². The normalized spacial score (nSPS) is 15.8. The van der Waals surface area contributed by atoms with Crippen LogP contribution < -0.4 is 5.73 Å². The second kappa shape index (κ2) is 7.40. The van der Waals surface area contributed by atoms with Crippen LogP contribution in [0.15, 0.2) is 30.3 Å². The molecule has 1 aromatic carbocycles. The van der Waals surface area contributed by atoms with Gasteiger partial charge in [-0.1, -0.05) is 44.2 Å². The number of hydrogen-bond acceptors (Lipinski definition) is 3. The average Bonchev–Trinajstić information content (AvgIpc) is 2.77. The Morgan fingerprint density at radius 2 is 1.88 bits per heavy atom. The van der Waals surface area contributed by atoms with Crippen molar-refractivity contribution in [3.8, 4) is 11.3 Å². The van der Waals surface area contributed by atoms with Crippen LogP contribution in [0.1, 0.15) is 31.5 Å². The third-order valence-electron chi connectivity index (χ3n) is 4.93. The van der Waals surface area contributed by atoms with Gasteiger partial charge in [0.15, 0.2) is 0 Å². The van der Waals surface area contributed by atoms with Crippen molar-refractivity contribution in [1.29, 1.82) is 0 Å². The van der Waals surface area contributed by atoms with Gasteiger partial charge in [0.2, 0.25) is 5.91 Å². The monoisotopic (exact) mass is 340 g/mol. The summed E-state index contributed by atoms with van der Waals surface area (Å²) in [5.41, 5.74) is 10.8. The number of rotatable bonds is 4. The molecule has 3 rings (SSSR count). The molecule has 1 atom stereocenters. The van der Waals surface area contributed by atoms with E-state index >= 15 is 0 Å². The molecule has 0 spiro atoms. The zero-order valence-electron chi connectivity index (χ0n) is 15.4. The summed E-state index contributed by atoms with van der Waals surface area (Å²) in [5.74, 6) is 0.507. The van der Waals surface area contributed by atoms with E-state index in [-0.39, 0.29) is 5.91 Å². The van der Waals surface area contributed by atoms with E-state index in [2.05, 4.69) is 26.0 Å². The highest BCUT2D eigenvalue weighted by molar-refractivity contribution is 5.81. The molecular formula is C20H28N4O. The fourth-order valence-electron chi connectivity index (χ4n) is 3.67. The summed E-state index contributed by atoms with van der Waals surface area (Å²) in [6.07, 6.45) is 2.39. The van der Waals surface area contributed by atoms with Crippen molar-refractivity contribution in [3.63, 3.8) is 0 Å². The van der Waals surface area contributed by atoms with Gasteiger partial charge in [0, 0.05) is 43.4 Å². The number of carbonyl (C=O) groups is 1. The number of nitrogens with two attached hydrogens (primary N) is 1. The molecule has 25 heavy (non-hydrogen) atoms. The molecule has 0 aliphatic carbocycles. The molecule has 2 heterocycles. The first-order valence-corrected chi connectivity index (χ1v) is 9.12. The van der Waals surface area contributed by atoms with Gasteiger partial charge in [-0.25, -0.2) is 0 Å². The minimum Gasteiger partial charge on any atom is -0.341 e. The van der Waals surface area contributed by atoms with Crippen molar-refractivity contribution in [2.75, 3.05) is 13.1 Å². The van der Waals surface area contributed by atoms with Gasteiger partial charge in [-0.2, -0.15) is 5.10 Å². The molecule has 0 saturated carbocycles. The predicted molar refractivity (Wildman–Crippen MR) is 100 cm³/mol. The Bertz CT molecular complexity index is 736. The van der Waals surface area contributed by atoms with Gasteiger partial charge in [-0.15, -0.1) is 0 Å². The van der Waals surface area contributed by atoms with E-state index in [1.54, 1.807) is 0 Å². The fourth-order valence-corrected chi connectivity index (χ4v) is 3.67. The molecule has 1 aliphatic heterocycles. The maximum atomic E-state index is 12.7. The van der Waals surface area contributed by atoms with E-state index in [1.165, 1.54) is 11.3 Å². The van der Waals surface area contributed by atoms with Crippen LogP contribution in [0, 0.1) is 5.92 Å². The summed E-state index contributed by atoms with van der Waals surface area (Å²) in [6.45, 7) is 5.63. The lowest BCUT2D eigenvalue weighted by molar-refractivity contribution is -0.132. The van der Waals surface area contributed by atoms with Crippen molar-refractivity contribution >= 4 is 5.91 Å². The highest BCUT2D eigenvalue weighted by atomic mass is 16.2. The number of aromatic nitrogens is 2. The predicted octanol–water partition coefficient (Wildman–Crippen LogP) is 2.39. The first-order chi connectivity index (χ1) is 12.0. The molecule has 0 unspecified atom stereocenters. The third-order valence-corrected chi connectivity index (χ3v) is 4.93. The molecule has 2 aromatic rings. The zero-order chi connectivity index (χ0) is 18.0. The molecule has 0 saturated heterocycles. The molecule has 0 radical (unpaired) electrons. The SMILES string of the molecule is CC(C)C[C@H](N)C(=O)N1CCc2c(-c3ccccc3)nn(C)c2CC1. The first kappa shape index (κ1) is 17.7. The largest absolute Gasteiger partial charge is 0.341 e. The maximum Gasteiger partial charge on any atom is 0.239 e. The van der Waals surface area contributed by atoms with Crippen molar-refractivity contribution in [3.05, 3.63) is 41.6 Å². The van der Waals surface area contributed by atoms with Crippen LogP contribution in [-0.4, -0.2) is 39.7 Å². The molecule has 0 fully saturated rings. The van der Waals surface area contributed by atoms with E-state index in [0.717, 1.165) is 30.5 Å². The van der Waals surface area contributed by atoms with Crippen molar-refractivity contribution in [1.82, 2.24) is 14.7 Å². The smallest absolute Gasteiger partial charge is 0.239 e. The fraction of sp³-hybridized carbons (Fsp3) is 0.500. The summed E-state index contributed by atoms with van der Waals surface area (Å²) < 4.78 is 1.97. The molecule has 0 bridgehead atoms. The molecule has 1 amide bonds. The maximum absolute atomic E-state index is 12.7. The lowest BCUT2D eigenvalue weighted by Gasteiger charge is -2.25. The van der Waals surface area contributed by atoms with Crippen LogP contribution in [0.3, 0.4) is 0 Å². The standard InChI is InChI=1S/C20H28N4O/c1-14(2)13-17(21)20(25)24-11-9-16-18(10-12-24)23(3)22-19(16)15-7-5-4-6-8-15/h4-8,14,17H,9-13,21H2,1-3H3/t17-/m0/s1. The number of benzene rings is 1. The lowest BCUT2D eigenvalue weighted by Crippen LogP contribution is -2.45. The van der Waals surface area contributed by atoms with Crippen LogP contribution in [0.25, 0.3) is 11.3 Å². The second-order valence-corrected chi connectivity index (χ2v) is 7.32. The van der Waals surface area contributed by atoms with Gasteiger partial charge in [0.25, 0.3) is 0 Å². The van der Waals surface area contributed by atoms with Gasteiger partial charge in [-0.3, -0.25) is 9.48 Å². The molecule has 5 nitrogen and oxygen atoms in total. The Hall–Kier alpha value is -2.14. The quantitative estimate of drug-likeness (QED) is 0.929. The molecule has 134 valence electrons. The summed E-state index contributed by atoms with van der Waals surface area (Å²) >= 11 is 0. The average molecular weight is 340 g/mol. The number of fused-ring (bicyclic) bond motifs is 1. The number of hydrogen-bond donors (Lipinski definition) is 1. The van der Waals surface area contributed by atoms with Gasteiger partial charge in [0.1, 0.15) is 0 Å². The number of nitrogens with zero attached hydrogens (tertiary/aromatic N) is 3. The number of aryl methyl sites for hydroxylation is 1. The van der Waals surface area contributed by atoms with Crippen LogP contribution in [0.2, 0.25) is 0 Å². The Morgan fingerprint density at radius 3 is 2.56 bits per heavy atom. The zero-order valence-corrected chi connectivity index (χ0v) is 15.4. The van der Waals surface area contributed by atoms with Gasteiger partial charge < -0.3 is 10.6 Å². The Morgan fingerprint density at radius 1 is 1.20 bits per heavy atom. The van der Waals surface area contributed by atoms with E-state index < -0.39 is 6.04 Å². The Labute approximate surface area is 149 Å². The van der Waals surface area contributed by atoms with Crippen LogP contribution in [0.4, 0.5) is 0 Å². The summed E-state index contributed by atoms with van der Waals surface area (Å²) in [5, 5.41) is 4.74. The lowest BCUT2D eigenvalue weighted by atomic mass is 10.0. The molecule has 1 aliphatic rings. The minimum absolute atomic E-state index is 0.0794. The van der Waals surface area contributed by atoms with E-state index in [4.69, 9.17) is 10.8 Å². The van der Waals surface area contributed by atoms with Crippen LogP contribution in [0.5, 0.6) is 0 Å². The summed E-state index contributed by atoms with van der Waals surface area (Å²) in [7, 11) is 1.99. The molecule has 2 N–H and O–H groups in total. The molecule has 1 aromatic heterocycles. The molecular weight excluding hydrogens is 312 g/mol. The van der Waals surface area contributed by atoms with Crippen LogP contribution >= 0.6 is 0 Å². The Kier molecular flexibility index (Phi) is 5.23. The van der Waals surface area contributed by atoms with E-state index in [1.807, 2.05) is 34.8 Å². The highest BCUT2D eigenvalue weighted by Crippen LogP contribution is 2.28. The molecule has 5 heteroatoms. The third kappa shape index (κ3) is 3.76. The van der Waals surface area contributed by atoms with Crippen molar-refractivity contribution < 1.29 is 4.79 Å². The van der Waals surface area contributed by atoms with Gasteiger partial charge >= 0.3 is 0 Å². The van der Waals surface area contributed by atoms with Crippen molar-refractivity contribution in [2.24, 2.45) is 18.7 Å². The topological polar surface area (TPSA) is 64.2 Å². The summed E-state index contributed by atoms with van der Waals surface area (Å²) in [4.78, 5) is 14.6. The van der Waals surface area contributed by atoms with E-state index in [0.29, 0.717) is 19.0 Å². The first-order valence-electron chi connectivity index (χ1n) is 9.12.